The second-order valence-electron chi connectivity index (χ2n) is 11.4. The van der Waals surface area contributed by atoms with E-state index >= 15 is 0 Å². The highest BCUT2D eigenvalue weighted by molar-refractivity contribution is 6.12. The van der Waals surface area contributed by atoms with E-state index in [0.717, 1.165) is 55.7 Å². The van der Waals surface area contributed by atoms with Gasteiger partial charge >= 0.3 is 0 Å². The number of fused-ring (bicyclic) bond motifs is 2. The molecule has 230 valence electrons. The molecule has 0 radical (unpaired) electrons. The standard InChI is InChI=1S/C40H34O6/c1-23-7-11-25(12-8-23)37-33-21-34-36(22-35(33)45-39(37)27-15-29(41-3)19-30(16-27)42-4)46-40(38(34)26-13-9-24(2)10-14-26)28-17-31(43-5)20-32(18-28)44-6/h7-22H,1-6H3. The Morgan fingerprint density at radius 1 is 0.391 bits per heavy atom. The third kappa shape index (κ3) is 5.12. The minimum Gasteiger partial charge on any atom is -0.497 e. The van der Waals surface area contributed by atoms with Crippen LogP contribution in [-0.4, -0.2) is 28.4 Å². The normalized spacial score (nSPS) is 11.3. The van der Waals surface area contributed by atoms with Gasteiger partial charge in [-0.05, 0) is 55.3 Å². The quantitative estimate of drug-likeness (QED) is 0.171. The van der Waals surface area contributed by atoms with Crippen LogP contribution in [0.15, 0.2) is 106 Å². The molecule has 0 spiro atoms. The molecule has 6 heteroatoms. The summed E-state index contributed by atoms with van der Waals surface area (Å²) in [6.45, 7) is 4.17. The lowest BCUT2D eigenvalue weighted by molar-refractivity contribution is 0.394. The largest absolute Gasteiger partial charge is 0.497 e. The van der Waals surface area contributed by atoms with Gasteiger partial charge in [-0.15, -0.1) is 0 Å². The maximum atomic E-state index is 6.72. The van der Waals surface area contributed by atoms with Gasteiger partial charge in [-0.2, -0.15) is 0 Å². The molecule has 2 aromatic heterocycles. The smallest absolute Gasteiger partial charge is 0.143 e. The van der Waals surface area contributed by atoms with Gasteiger partial charge in [0.2, 0.25) is 0 Å². The second-order valence-corrected chi connectivity index (χ2v) is 11.4. The molecule has 46 heavy (non-hydrogen) atoms. The van der Waals surface area contributed by atoms with Crippen LogP contribution in [0.4, 0.5) is 0 Å². The molecule has 7 aromatic rings. The lowest BCUT2D eigenvalue weighted by Crippen LogP contribution is -1.89. The monoisotopic (exact) mass is 610 g/mol. The summed E-state index contributed by atoms with van der Waals surface area (Å²) in [5.41, 5.74) is 9.51. The molecule has 6 nitrogen and oxygen atoms in total. The Labute approximate surface area is 267 Å². The van der Waals surface area contributed by atoms with Crippen molar-refractivity contribution in [3.8, 4) is 67.9 Å². The number of benzene rings is 5. The van der Waals surface area contributed by atoms with Crippen molar-refractivity contribution in [2.45, 2.75) is 13.8 Å². The molecule has 0 aliphatic carbocycles. The number of rotatable bonds is 8. The highest BCUT2D eigenvalue weighted by atomic mass is 16.5. The van der Waals surface area contributed by atoms with Crippen molar-refractivity contribution in [1.82, 2.24) is 0 Å². The molecule has 0 saturated carbocycles. The van der Waals surface area contributed by atoms with Crippen LogP contribution < -0.4 is 18.9 Å². The van der Waals surface area contributed by atoms with Gasteiger partial charge in [-0.25, -0.2) is 0 Å². The fourth-order valence-electron chi connectivity index (χ4n) is 5.98. The number of furan rings is 2. The van der Waals surface area contributed by atoms with Crippen LogP contribution in [0, 0.1) is 13.8 Å². The molecular weight excluding hydrogens is 576 g/mol. The zero-order chi connectivity index (χ0) is 31.9. The van der Waals surface area contributed by atoms with E-state index in [1.165, 1.54) is 11.1 Å². The maximum absolute atomic E-state index is 6.72. The predicted molar refractivity (Wildman–Crippen MR) is 183 cm³/mol. The highest BCUT2D eigenvalue weighted by Gasteiger charge is 2.24. The van der Waals surface area contributed by atoms with Crippen LogP contribution in [0.3, 0.4) is 0 Å². The summed E-state index contributed by atoms with van der Waals surface area (Å²) in [4.78, 5) is 0. The Morgan fingerprint density at radius 3 is 1.07 bits per heavy atom. The van der Waals surface area contributed by atoms with Gasteiger partial charge in [-0.3, -0.25) is 0 Å². The van der Waals surface area contributed by atoms with E-state index < -0.39 is 0 Å². The van der Waals surface area contributed by atoms with Gasteiger partial charge in [-0.1, -0.05) is 59.7 Å². The summed E-state index contributed by atoms with van der Waals surface area (Å²) in [6.07, 6.45) is 0. The first kappa shape index (κ1) is 29.1. The Kier molecular flexibility index (Phi) is 7.41. The van der Waals surface area contributed by atoms with E-state index in [1.807, 2.05) is 42.5 Å². The summed E-state index contributed by atoms with van der Waals surface area (Å²) < 4.78 is 35.9. The van der Waals surface area contributed by atoms with Crippen molar-refractivity contribution < 1.29 is 27.8 Å². The number of hydrogen-bond acceptors (Lipinski definition) is 6. The van der Waals surface area contributed by atoms with Gasteiger partial charge < -0.3 is 27.8 Å². The van der Waals surface area contributed by atoms with E-state index in [2.05, 4.69) is 68.4 Å². The van der Waals surface area contributed by atoms with E-state index in [9.17, 15) is 0 Å². The lowest BCUT2D eigenvalue weighted by Gasteiger charge is -2.10. The lowest BCUT2D eigenvalue weighted by atomic mass is 9.94. The van der Waals surface area contributed by atoms with Gasteiger partial charge in [0.05, 0.1) is 28.4 Å². The summed E-state index contributed by atoms with van der Waals surface area (Å²) in [7, 11) is 6.59. The van der Waals surface area contributed by atoms with Gasteiger partial charge in [0.25, 0.3) is 0 Å². The molecule has 2 heterocycles. The third-order valence-electron chi connectivity index (χ3n) is 8.41. The first-order valence-electron chi connectivity index (χ1n) is 15.0. The van der Waals surface area contributed by atoms with Gasteiger partial charge in [0, 0.05) is 51.2 Å². The second kappa shape index (κ2) is 11.7. The van der Waals surface area contributed by atoms with E-state index in [0.29, 0.717) is 34.2 Å². The molecule has 0 bridgehead atoms. The molecule has 0 atom stereocenters. The van der Waals surface area contributed by atoms with Crippen molar-refractivity contribution in [1.29, 1.82) is 0 Å². The summed E-state index contributed by atoms with van der Waals surface area (Å²) in [5.74, 6) is 4.16. The molecule has 0 saturated heterocycles. The zero-order valence-corrected chi connectivity index (χ0v) is 26.7. The van der Waals surface area contributed by atoms with E-state index in [4.69, 9.17) is 27.8 Å². The van der Waals surface area contributed by atoms with Crippen LogP contribution >= 0.6 is 0 Å². The van der Waals surface area contributed by atoms with Crippen LogP contribution in [-0.2, 0) is 0 Å². The van der Waals surface area contributed by atoms with Crippen molar-refractivity contribution in [2.75, 3.05) is 28.4 Å². The van der Waals surface area contributed by atoms with Gasteiger partial charge in [0.1, 0.15) is 45.7 Å². The van der Waals surface area contributed by atoms with Crippen LogP contribution in [0.5, 0.6) is 23.0 Å². The van der Waals surface area contributed by atoms with Crippen LogP contribution in [0.2, 0.25) is 0 Å². The van der Waals surface area contributed by atoms with Crippen molar-refractivity contribution in [3.63, 3.8) is 0 Å². The molecule has 0 N–H and O–H groups in total. The fourth-order valence-corrected chi connectivity index (χ4v) is 5.98. The molecule has 7 rings (SSSR count). The fraction of sp³-hybridized carbons (Fsp3) is 0.150. The summed E-state index contributed by atoms with van der Waals surface area (Å²) in [6, 6.07) is 32.8. The predicted octanol–water partition coefficient (Wildman–Crippen LogP) is 10.5. The Bertz CT molecular complexity index is 2000. The number of hydrogen-bond donors (Lipinski definition) is 0. The Balaban J connectivity index is 1.56. The average Bonchev–Trinajstić information content (AvgIpc) is 3.65. The first-order chi connectivity index (χ1) is 22.4. The Hall–Kier alpha value is -5.62. The highest BCUT2D eigenvalue weighted by Crippen LogP contribution is 2.48. The average molecular weight is 611 g/mol. The Morgan fingerprint density at radius 2 is 0.739 bits per heavy atom. The molecule has 5 aromatic carbocycles. The van der Waals surface area contributed by atoms with Crippen molar-refractivity contribution >= 4 is 21.9 Å². The topological polar surface area (TPSA) is 63.2 Å². The van der Waals surface area contributed by atoms with E-state index in [-0.39, 0.29) is 0 Å². The number of methoxy groups -OCH3 is 4. The summed E-state index contributed by atoms with van der Waals surface area (Å²) >= 11 is 0. The molecular formula is C40H34O6. The van der Waals surface area contributed by atoms with Crippen molar-refractivity contribution in [3.05, 3.63) is 108 Å². The minimum atomic E-state index is 0.679. The van der Waals surface area contributed by atoms with Crippen molar-refractivity contribution in [2.24, 2.45) is 0 Å². The number of ether oxygens (including phenoxy) is 4. The third-order valence-corrected chi connectivity index (χ3v) is 8.41. The zero-order valence-electron chi connectivity index (χ0n) is 26.7. The molecule has 0 unspecified atom stereocenters. The molecule has 0 fully saturated rings. The molecule has 0 amide bonds. The number of aryl methyl sites for hydroxylation is 2. The SMILES string of the molecule is COc1cc(OC)cc(-c2oc3cc4oc(-c5cc(OC)cc(OC)c5)c(-c5ccc(C)cc5)c4cc3c2-c2ccc(C)cc2)c1. The van der Waals surface area contributed by atoms with Crippen LogP contribution in [0.25, 0.3) is 66.8 Å². The van der Waals surface area contributed by atoms with Gasteiger partial charge in [0.15, 0.2) is 0 Å². The van der Waals surface area contributed by atoms with Crippen LogP contribution in [0.1, 0.15) is 11.1 Å². The molecule has 0 aliphatic heterocycles. The first-order valence-corrected chi connectivity index (χ1v) is 15.0. The molecule has 0 aliphatic rings. The minimum absolute atomic E-state index is 0.679. The van der Waals surface area contributed by atoms with E-state index in [1.54, 1.807) is 28.4 Å². The maximum Gasteiger partial charge on any atom is 0.143 e. The summed E-state index contributed by atoms with van der Waals surface area (Å²) in [5, 5.41) is 1.94.